The second kappa shape index (κ2) is 11.4. The lowest BCUT2D eigenvalue weighted by molar-refractivity contribution is 0.384. The van der Waals surface area contributed by atoms with E-state index in [1.165, 1.54) is 38.8 Å². The zero-order valence-corrected chi connectivity index (χ0v) is 11.7. The number of nitrogens with zero attached hydrogens (tertiary/aromatic N) is 1. The molecular formula is C13H31N3. The van der Waals surface area contributed by atoms with Crippen LogP contribution in [0.15, 0.2) is 0 Å². The van der Waals surface area contributed by atoms with Gasteiger partial charge in [0.1, 0.15) is 0 Å². The van der Waals surface area contributed by atoms with Crippen molar-refractivity contribution in [3.63, 3.8) is 0 Å². The van der Waals surface area contributed by atoms with Crippen molar-refractivity contribution in [2.45, 2.75) is 45.6 Å². The second-order valence-electron chi connectivity index (χ2n) is 4.90. The first-order valence-electron chi connectivity index (χ1n) is 6.75. The number of nitrogens with one attached hydrogen (secondary N) is 2. The lowest BCUT2D eigenvalue weighted by Gasteiger charge is -2.15. The van der Waals surface area contributed by atoms with Crippen molar-refractivity contribution in [3.05, 3.63) is 0 Å². The van der Waals surface area contributed by atoms with Crippen LogP contribution in [-0.4, -0.2) is 51.2 Å². The van der Waals surface area contributed by atoms with E-state index in [0.717, 1.165) is 13.1 Å². The fraction of sp³-hybridized carbons (Fsp3) is 1.00. The Morgan fingerprint density at radius 3 is 2.44 bits per heavy atom. The zero-order valence-electron chi connectivity index (χ0n) is 11.7. The molecule has 0 aliphatic carbocycles. The van der Waals surface area contributed by atoms with Crippen molar-refractivity contribution < 1.29 is 0 Å². The Kier molecular flexibility index (Phi) is 11.3. The van der Waals surface area contributed by atoms with Gasteiger partial charge in [-0.3, -0.25) is 0 Å². The molecule has 0 radical (unpaired) electrons. The molecule has 3 nitrogen and oxygen atoms in total. The summed E-state index contributed by atoms with van der Waals surface area (Å²) in [6.45, 7) is 9.13. The first-order valence-corrected chi connectivity index (χ1v) is 6.75. The van der Waals surface area contributed by atoms with Gasteiger partial charge in [0.15, 0.2) is 0 Å². The van der Waals surface area contributed by atoms with Gasteiger partial charge < -0.3 is 15.5 Å². The SMILES string of the molecule is CCCCNCCC(C)NCCCN(C)C. The van der Waals surface area contributed by atoms with E-state index < -0.39 is 0 Å². The van der Waals surface area contributed by atoms with Gasteiger partial charge in [0, 0.05) is 6.04 Å². The Bertz CT molecular complexity index is 137. The van der Waals surface area contributed by atoms with E-state index in [9.17, 15) is 0 Å². The van der Waals surface area contributed by atoms with Crippen molar-refractivity contribution in [3.8, 4) is 0 Å². The van der Waals surface area contributed by atoms with Gasteiger partial charge in [-0.1, -0.05) is 13.3 Å². The number of hydrogen-bond acceptors (Lipinski definition) is 3. The van der Waals surface area contributed by atoms with E-state index in [1.807, 2.05) is 0 Å². The van der Waals surface area contributed by atoms with Gasteiger partial charge >= 0.3 is 0 Å². The summed E-state index contributed by atoms with van der Waals surface area (Å²) in [6, 6.07) is 0.635. The van der Waals surface area contributed by atoms with Gasteiger partial charge in [-0.15, -0.1) is 0 Å². The summed E-state index contributed by atoms with van der Waals surface area (Å²) in [5.74, 6) is 0. The molecule has 0 aromatic carbocycles. The van der Waals surface area contributed by atoms with Gasteiger partial charge in [-0.25, -0.2) is 0 Å². The highest BCUT2D eigenvalue weighted by molar-refractivity contribution is 4.62. The van der Waals surface area contributed by atoms with Crippen LogP contribution >= 0.6 is 0 Å². The number of rotatable bonds is 11. The van der Waals surface area contributed by atoms with Crippen LogP contribution in [0.1, 0.15) is 39.5 Å². The van der Waals surface area contributed by atoms with E-state index in [4.69, 9.17) is 0 Å². The molecule has 0 amide bonds. The van der Waals surface area contributed by atoms with Crippen molar-refractivity contribution in [1.82, 2.24) is 15.5 Å². The van der Waals surface area contributed by atoms with Crippen LogP contribution < -0.4 is 10.6 Å². The average Bonchev–Trinajstić information content (AvgIpc) is 2.24. The van der Waals surface area contributed by atoms with E-state index in [2.05, 4.69) is 43.5 Å². The summed E-state index contributed by atoms with van der Waals surface area (Å²) in [4.78, 5) is 2.23. The third-order valence-electron chi connectivity index (χ3n) is 2.74. The zero-order chi connectivity index (χ0) is 12.2. The lowest BCUT2D eigenvalue weighted by atomic mass is 10.2. The fourth-order valence-corrected chi connectivity index (χ4v) is 1.59. The molecule has 3 heteroatoms. The van der Waals surface area contributed by atoms with Gasteiger partial charge in [-0.05, 0) is 66.5 Å². The molecule has 0 aliphatic rings. The van der Waals surface area contributed by atoms with Crippen LogP contribution in [0.25, 0.3) is 0 Å². The van der Waals surface area contributed by atoms with Gasteiger partial charge in [-0.2, -0.15) is 0 Å². The molecule has 1 unspecified atom stereocenters. The van der Waals surface area contributed by atoms with Gasteiger partial charge in [0.25, 0.3) is 0 Å². The van der Waals surface area contributed by atoms with Crippen LogP contribution in [0, 0.1) is 0 Å². The molecule has 0 spiro atoms. The Morgan fingerprint density at radius 2 is 1.81 bits per heavy atom. The summed E-state index contributed by atoms with van der Waals surface area (Å²) in [6.07, 6.45) is 5.04. The molecule has 0 saturated carbocycles. The quantitative estimate of drug-likeness (QED) is 0.528. The molecule has 0 aromatic heterocycles. The summed E-state index contributed by atoms with van der Waals surface area (Å²) < 4.78 is 0. The second-order valence-corrected chi connectivity index (χ2v) is 4.90. The molecule has 98 valence electrons. The topological polar surface area (TPSA) is 27.3 Å². The maximum absolute atomic E-state index is 3.56. The molecule has 16 heavy (non-hydrogen) atoms. The normalized spacial score (nSPS) is 13.3. The van der Waals surface area contributed by atoms with Crippen molar-refractivity contribution in [1.29, 1.82) is 0 Å². The molecule has 0 rings (SSSR count). The van der Waals surface area contributed by atoms with E-state index >= 15 is 0 Å². The van der Waals surface area contributed by atoms with E-state index in [-0.39, 0.29) is 0 Å². The largest absolute Gasteiger partial charge is 0.317 e. The highest BCUT2D eigenvalue weighted by Crippen LogP contribution is 1.90. The third kappa shape index (κ3) is 12.0. The van der Waals surface area contributed by atoms with Crippen molar-refractivity contribution >= 4 is 0 Å². The number of hydrogen-bond donors (Lipinski definition) is 2. The van der Waals surface area contributed by atoms with E-state index in [0.29, 0.717) is 6.04 Å². The maximum Gasteiger partial charge on any atom is 0.00508 e. The van der Waals surface area contributed by atoms with Crippen LogP contribution in [0.4, 0.5) is 0 Å². The Labute approximate surface area is 102 Å². The van der Waals surface area contributed by atoms with Crippen LogP contribution in [-0.2, 0) is 0 Å². The molecule has 0 aliphatic heterocycles. The predicted octanol–water partition coefficient (Wildman–Crippen LogP) is 1.70. The maximum atomic E-state index is 3.56. The molecule has 0 aromatic rings. The minimum absolute atomic E-state index is 0.635. The minimum Gasteiger partial charge on any atom is -0.317 e. The Balaban J connectivity index is 3.15. The molecule has 1 atom stereocenters. The molecule has 0 saturated heterocycles. The summed E-state index contributed by atoms with van der Waals surface area (Å²) >= 11 is 0. The Hall–Kier alpha value is -0.120. The van der Waals surface area contributed by atoms with Crippen molar-refractivity contribution in [2.75, 3.05) is 40.3 Å². The fourth-order valence-electron chi connectivity index (χ4n) is 1.59. The third-order valence-corrected chi connectivity index (χ3v) is 2.74. The molecule has 0 heterocycles. The summed E-state index contributed by atoms with van der Waals surface area (Å²) in [5.41, 5.74) is 0. The molecular weight excluding hydrogens is 198 g/mol. The number of unbranched alkanes of at least 4 members (excludes halogenated alkanes) is 1. The monoisotopic (exact) mass is 229 g/mol. The van der Waals surface area contributed by atoms with E-state index in [1.54, 1.807) is 0 Å². The van der Waals surface area contributed by atoms with Gasteiger partial charge in [0.2, 0.25) is 0 Å². The first-order chi connectivity index (χ1) is 7.66. The summed E-state index contributed by atoms with van der Waals surface area (Å²) in [5, 5.41) is 7.04. The molecule has 0 fully saturated rings. The molecule has 2 N–H and O–H groups in total. The predicted molar refractivity (Wildman–Crippen MR) is 73.0 cm³/mol. The van der Waals surface area contributed by atoms with Crippen LogP contribution in [0.3, 0.4) is 0 Å². The lowest BCUT2D eigenvalue weighted by Crippen LogP contribution is -2.32. The first kappa shape index (κ1) is 15.9. The van der Waals surface area contributed by atoms with Crippen LogP contribution in [0.5, 0.6) is 0 Å². The van der Waals surface area contributed by atoms with Crippen molar-refractivity contribution in [2.24, 2.45) is 0 Å². The smallest absolute Gasteiger partial charge is 0.00508 e. The highest BCUT2D eigenvalue weighted by atomic mass is 15.1. The minimum atomic E-state index is 0.635. The summed E-state index contributed by atoms with van der Waals surface area (Å²) in [7, 11) is 4.25. The highest BCUT2D eigenvalue weighted by Gasteiger charge is 2.00. The molecule has 0 bridgehead atoms. The average molecular weight is 229 g/mol. The standard InChI is InChI=1S/C13H31N3/c1-5-6-9-14-11-8-13(2)15-10-7-12-16(3)4/h13-15H,5-12H2,1-4H3. The van der Waals surface area contributed by atoms with Crippen LogP contribution in [0.2, 0.25) is 0 Å². The Morgan fingerprint density at radius 1 is 1.06 bits per heavy atom. The van der Waals surface area contributed by atoms with Gasteiger partial charge in [0.05, 0.1) is 0 Å².